The van der Waals surface area contributed by atoms with Crippen molar-refractivity contribution in [1.29, 1.82) is 0 Å². The molecule has 2 aromatic rings. The maximum atomic E-state index is 14.5. The van der Waals surface area contributed by atoms with E-state index in [1.54, 1.807) is 0 Å². The molecule has 2 rings (SSSR count). The predicted octanol–water partition coefficient (Wildman–Crippen LogP) is 0.477. The van der Waals surface area contributed by atoms with Gasteiger partial charge < -0.3 is 15.1 Å². The van der Waals surface area contributed by atoms with Crippen LogP contribution in [0.2, 0.25) is 0 Å². The minimum absolute atomic E-state index is 0.300. The van der Waals surface area contributed by atoms with Gasteiger partial charge in [0.2, 0.25) is 5.69 Å². The molecule has 0 saturated carbocycles. The Hall–Kier alpha value is -3.23. The fraction of sp³-hybridized carbons (Fsp3) is 0.143. The lowest BCUT2D eigenvalue weighted by molar-refractivity contribution is 0.0683. The van der Waals surface area contributed by atoms with Gasteiger partial charge in [0.25, 0.3) is 11.5 Å². The highest BCUT2D eigenvalue weighted by Crippen LogP contribution is 2.18. The van der Waals surface area contributed by atoms with Gasteiger partial charge in [0.05, 0.1) is 5.56 Å². The molecule has 0 aliphatic heterocycles. The molecule has 0 bridgehead atoms. The first-order chi connectivity index (χ1) is 10.7. The summed E-state index contributed by atoms with van der Waals surface area (Å²) in [5.74, 6) is -4.07. The molecule has 8 nitrogen and oxygen atoms in total. The number of carboxylic acids is 1. The van der Waals surface area contributed by atoms with Crippen molar-refractivity contribution < 1.29 is 24.2 Å². The molecule has 1 aromatic carbocycles. The van der Waals surface area contributed by atoms with Crippen LogP contribution in [0.25, 0.3) is 5.69 Å². The Morgan fingerprint density at radius 3 is 2.52 bits per heavy atom. The minimum atomic E-state index is -1.59. The third-order valence-electron chi connectivity index (χ3n) is 2.96. The van der Waals surface area contributed by atoms with Crippen LogP contribution in [0.15, 0.2) is 29.1 Å². The van der Waals surface area contributed by atoms with Crippen molar-refractivity contribution in [2.75, 3.05) is 14.1 Å². The monoisotopic (exact) mass is 321 g/mol. The molecule has 0 unspecified atom stereocenters. The zero-order valence-electron chi connectivity index (χ0n) is 12.1. The molecule has 1 heterocycles. The number of amides is 1. The van der Waals surface area contributed by atoms with Crippen molar-refractivity contribution in [3.63, 3.8) is 0 Å². The number of carbonyl (C=O) groups excluding carboxylic acids is 1. The number of carbonyl (C=O) groups is 2. The molecular formula is C14H12FN3O5. The highest BCUT2D eigenvalue weighted by Gasteiger charge is 2.21. The number of aromatic hydroxyl groups is 1. The summed E-state index contributed by atoms with van der Waals surface area (Å²) in [6, 6.07) is 4.33. The average molecular weight is 321 g/mol. The third kappa shape index (κ3) is 2.89. The highest BCUT2D eigenvalue weighted by molar-refractivity contribution is 5.94. The molecule has 0 fully saturated rings. The minimum Gasteiger partial charge on any atom is -0.505 e. The van der Waals surface area contributed by atoms with Crippen molar-refractivity contribution in [2.45, 2.75) is 0 Å². The number of nitrogens with zero attached hydrogens (tertiary/aromatic N) is 3. The van der Waals surface area contributed by atoms with Crippen molar-refractivity contribution >= 4 is 11.9 Å². The van der Waals surface area contributed by atoms with Crippen LogP contribution in [0.5, 0.6) is 5.75 Å². The summed E-state index contributed by atoms with van der Waals surface area (Å²) in [6.45, 7) is 0. The van der Waals surface area contributed by atoms with Gasteiger partial charge in [-0.1, -0.05) is 6.07 Å². The molecule has 1 aromatic heterocycles. The number of rotatable bonds is 3. The second-order valence-corrected chi connectivity index (χ2v) is 4.77. The molecule has 0 atom stereocenters. The van der Waals surface area contributed by atoms with E-state index < -0.39 is 40.4 Å². The summed E-state index contributed by atoms with van der Waals surface area (Å²) >= 11 is 0. The summed E-state index contributed by atoms with van der Waals surface area (Å²) < 4.78 is 15.0. The molecule has 0 aliphatic carbocycles. The topological polar surface area (TPSA) is 113 Å². The smallest absolute Gasteiger partial charge is 0.360 e. The van der Waals surface area contributed by atoms with Gasteiger partial charge in [0, 0.05) is 20.2 Å². The molecule has 0 saturated heterocycles. The Labute approximate surface area is 129 Å². The average Bonchev–Trinajstić information content (AvgIpc) is 2.47. The van der Waals surface area contributed by atoms with Crippen molar-refractivity contribution in [3.8, 4) is 11.4 Å². The number of halogens is 1. The molecule has 0 aliphatic rings. The van der Waals surface area contributed by atoms with Crippen LogP contribution in [0, 0.1) is 5.82 Å². The number of aromatic nitrogens is 2. The standard InChI is InChI=1S/C14H12FN3O5/c1-17(2)13(21)7-4-3-5-8(11(7)15)18-10(20)6-9(19)12(16-18)14(22)23/h3-6,19H,1-2H3,(H,22,23). The zero-order chi connectivity index (χ0) is 17.3. The maximum absolute atomic E-state index is 14.5. The Kier molecular flexibility index (Phi) is 4.12. The lowest BCUT2D eigenvalue weighted by atomic mass is 10.1. The molecule has 9 heteroatoms. The summed E-state index contributed by atoms with van der Waals surface area (Å²) in [5.41, 5.74) is -2.45. The molecule has 1 amide bonds. The van der Waals surface area contributed by atoms with E-state index in [2.05, 4.69) is 5.10 Å². The lowest BCUT2D eigenvalue weighted by Crippen LogP contribution is -2.26. The zero-order valence-corrected chi connectivity index (χ0v) is 12.1. The SMILES string of the molecule is CN(C)C(=O)c1cccc(-n2nc(C(=O)O)c(O)cc2=O)c1F. The van der Waals surface area contributed by atoms with E-state index in [0.29, 0.717) is 10.7 Å². The summed E-state index contributed by atoms with van der Waals surface area (Å²) in [4.78, 5) is 35.9. The molecular weight excluding hydrogens is 309 g/mol. The van der Waals surface area contributed by atoms with Crippen molar-refractivity contribution in [2.24, 2.45) is 0 Å². The van der Waals surface area contributed by atoms with Crippen molar-refractivity contribution in [3.05, 3.63) is 51.7 Å². The van der Waals surface area contributed by atoms with E-state index in [1.807, 2.05) is 0 Å². The molecule has 23 heavy (non-hydrogen) atoms. The van der Waals surface area contributed by atoms with Gasteiger partial charge in [-0.25, -0.2) is 9.18 Å². The van der Waals surface area contributed by atoms with Crippen LogP contribution in [0.1, 0.15) is 20.8 Å². The first-order valence-corrected chi connectivity index (χ1v) is 6.31. The van der Waals surface area contributed by atoms with Crippen LogP contribution in [0.4, 0.5) is 4.39 Å². The third-order valence-corrected chi connectivity index (χ3v) is 2.96. The number of hydrogen-bond acceptors (Lipinski definition) is 5. The second-order valence-electron chi connectivity index (χ2n) is 4.77. The molecule has 2 N–H and O–H groups in total. The van der Waals surface area contributed by atoms with E-state index in [9.17, 15) is 23.9 Å². The van der Waals surface area contributed by atoms with Crippen LogP contribution in [-0.2, 0) is 0 Å². The Bertz CT molecular complexity index is 860. The Morgan fingerprint density at radius 2 is 1.96 bits per heavy atom. The van der Waals surface area contributed by atoms with Crippen LogP contribution < -0.4 is 5.56 Å². The molecule has 120 valence electrons. The lowest BCUT2D eigenvalue weighted by Gasteiger charge is -2.13. The Balaban J connectivity index is 2.71. The number of aromatic carboxylic acids is 1. The van der Waals surface area contributed by atoms with E-state index in [4.69, 9.17) is 5.11 Å². The van der Waals surface area contributed by atoms with Crippen LogP contribution in [-0.4, -0.2) is 50.9 Å². The summed E-state index contributed by atoms with van der Waals surface area (Å²) in [6.07, 6.45) is 0. The Morgan fingerprint density at radius 1 is 1.30 bits per heavy atom. The second kappa shape index (κ2) is 5.87. The van der Waals surface area contributed by atoms with Crippen LogP contribution >= 0.6 is 0 Å². The quantitative estimate of drug-likeness (QED) is 0.850. The fourth-order valence-corrected chi connectivity index (χ4v) is 1.86. The highest BCUT2D eigenvalue weighted by atomic mass is 19.1. The fourth-order valence-electron chi connectivity index (χ4n) is 1.86. The summed E-state index contributed by atoms with van der Waals surface area (Å²) in [7, 11) is 2.86. The van der Waals surface area contributed by atoms with E-state index >= 15 is 0 Å². The predicted molar refractivity (Wildman–Crippen MR) is 76.4 cm³/mol. The molecule has 0 spiro atoms. The van der Waals surface area contributed by atoms with E-state index in [-0.39, 0.29) is 5.56 Å². The van der Waals surface area contributed by atoms with Gasteiger partial charge in [0.1, 0.15) is 5.69 Å². The number of benzene rings is 1. The van der Waals surface area contributed by atoms with Gasteiger partial charge >= 0.3 is 5.97 Å². The number of hydrogen-bond donors (Lipinski definition) is 2. The first-order valence-electron chi connectivity index (χ1n) is 6.31. The van der Waals surface area contributed by atoms with Gasteiger partial charge in [0.15, 0.2) is 11.6 Å². The first kappa shape index (κ1) is 16.1. The van der Waals surface area contributed by atoms with Gasteiger partial charge in [-0.2, -0.15) is 9.78 Å². The molecule has 0 radical (unpaired) electrons. The van der Waals surface area contributed by atoms with Crippen LogP contribution in [0.3, 0.4) is 0 Å². The van der Waals surface area contributed by atoms with Gasteiger partial charge in [-0.3, -0.25) is 9.59 Å². The largest absolute Gasteiger partial charge is 0.505 e. The van der Waals surface area contributed by atoms with Crippen molar-refractivity contribution in [1.82, 2.24) is 14.7 Å². The van der Waals surface area contributed by atoms with Gasteiger partial charge in [-0.15, -0.1) is 0 Å². The van der Waals surface area contributed by atoms with E-state index in [1.165, 1.54) is 32.3 Å². The normalized spacial score (nSPS) is 10.4. The van der Waals surface area contributed by atoms with Gasteiger partial charge in [-0.05, 0) is 12.1 Å². The maximum Gasteiger partial charge on any atom is 0.360 e. The summed E-state index contributed by atoms with van der Waals surface area (Å²) in [5, 5.41) is 21.8. The van der Waals surface area contributed by atoms with E-state index in [0.717, 1.165) is 4.90 Å². The number of carboxylic acid groups (broad SMARTS) is 1.